The number of carbonyl (C=O) groups is 3. The number of benzene rings is 2. The summed E-state index contributed by atoms with van der Waals surface area (Å²) in [5.74, 6) is -0.799. The van der Waals surface area contributed by atoms with Gasteiger partial charge in [-0.05, 0) is 77.3 Å². The summed E-state index contributed by atoms with van der Waals surface area (Å²) >= 11 is 0. The van der Waals surface area contributed by atoms with Crippen molar-refractivity contribution in [2.75, 3.05) is 11.9 Å². The zero-order valence-electron chi connectivity index (χ0n) is 20.2. The molecule has 0 radical (unpaired) electrons. The highest BCUT2D eigenvalue weighted by atomic mass is 16.6. The van der Waals surface area contributed by atoms with Crippen molar-refractivity contribution in [3.63, 3.8) is 0 Å². The van der Waals surface area contributed by atoms with Gasteiger partial charge >= 0.3 is 12.1 Å². The second-order valence-corrected chi connectivity index (χ2v) is 8.65. The van der Waals surface area contributed by atoms with E-state index >= 15 is 0 Å². The van der Waals surface area contributed by atoms with E-state index < -0.39 is 29.2 Å². The normalized spacial score (nSPS) is 10.9. The lowest BCUT2D eigenvalue weighted by Gasteiger charge is -2.23. The van der Waals surface area contributed by atoms with Gasteiger partial charge in [-0.25, -0.2) is 9.59 Å². The molecule has 2 rings (SSSR count). The lowest BCUT2D eigenvalue weighted by Crippen LogP contribution is -2.28. The van der Waals surface area contributed by atoms with Crippen molar-refractivity contribution in [1.82, 2.24) is 0 Å². The summed E-state index contributed by atoms with van der Waals surface area (Å²) in [5, 5.41) is 13.4. The Morgan fingerprint density at radius 3 is 2.09 bits per heavy atom. The molecule has 2 aromatic carbocycles. The minimum Gasteiger partial charge on any atom is -0.482 e. The molecule has 0 aliphatic heterocycles. The first-order chi connectivity index (χ1) is 15.7. The third-order valence-corrected chi connectivity index (χ3v) is 4.85. The lowest BCUT2D eigenvalue weighted by atomic mass is 9.94. The van der Waals surface area contributed by atoms with Crippen molar-refractivity contribution in [1.29, 1.82) is 0 Å². The van der Waals surface area contributed by atoms with Crippen molar-refractivity contribution >= 4 is 29.2 Å². The lowest BCUT2D eigenvalue weighted by molar-refractivity contribution is -0.384. The standard InChI is InChI=1S/C24H28N2O8/c1-13-14(2)22(33-19(28)12-32-18-10-8-17(9-11-18)26(30)31)20(16(4)27)15(3)21(13)25-23(29)34-24(5,6)7/h8-11H,12H2,1-7H3,(H,25,29). The Labute approximate surface area is 197 Å². The van der Waals surface area contributed by atoms with Crippen LogP contribution >= 0.6 is 0 Å². The summed E-state index contributed by atoms with van der Waals surface area (Å²) in [4.78, 5) is 47.4. The number of esters is 1. The third kappa shape index (κ3) is 6.53. The van der Waals surface area contributed by atoms with Crippen LogP contribution in [0.5, 0.6) is 11.5 Å². The monoisotopic (exact) mass is 472 g/mol. The molecule has 1 amide bonds. The zero-order chi connectivity index (χ0) is 25.8. The van der Waals surface area contributed by atoms with E-state index in [1.807, 2.05) is 0 Å². The van der Waals surface area contributed by atoms with Crippen molar-refractivity contribution < 1.29 is 33.5 Å². The van der Waals surface area contributed by atoms with Gasteiger partial charge in [0.1, 0.15) is 17.1 Å². The van der Waals surface area contributed by atoms with E-state index in [9.17, 15) is 24.5 Å². The van der Waals surface area contributed by atoms with Crippen LogP contribution in [0.2, 0.25) is 0 Å². The van der Waals surface area contributed by atoms with Crippen LogP contribution in [0.3, 0.4) is 0 Å². The largest absolute Gasteiger partial charge is 0.482 e. The molecule has 0 aliphatic carbocycles. The summed E-state index contributed by atoms with van der Waals surface area (Å²) in [5.41, 5.74) is 1.27. The Balaban J connectivity index is 2.27. The molecule has 0 unspecified atom stereocenters. The molecule has 2 aromatic rings. The summed E-state index contributed by atoms with van der Waals surface area (Å²) < 4.78 is 16.1. The Hall–Kier alpha value is -3.95. The smallest absolute Gasteiger partial charge is 0.412 e. The number of nitrogens with one attached hydrogen (secondary N) is 1. The van der Waals surface area contributed by atoms with Crippen molar-refractivity contribution in [2.24, 2.45) is 0 Å². The predicted molar refractivity (Wildman–Crippen MR) is 125 cm³/mol. The molecule has 0 spiro atoms. The van der Waals surface area contributed by atoms with Crippen LogP contribution in [0.25, 0.3) is 0 Å². The summed E-state index contributed by atoms with van der Waals surface area (Å²) in [6.45, 7) is 11.1. The van der Waals surface area contributed by atoms with Gasteiger partial charge in [-0.2, -0.15) is 0 Å². The van der Waals surface area contributed by atoms with E-state index in [2.05, 4.69) is 5.32 Å². The van der Waals surface area contributed by atoms with E-state index in [1.54, 1.807) is 41.5 Å². The number of carbonyl (C=O) groups excluding carboxylic acids is 3. The first kappa shape index (κ1) is 26.3. The summed E-state index contributed by atoms with van der Waals surface area (Å²) in [6.07, 6.45) is -0.672. The van der Waals surface area contributed by atoms with Gasteiger partial charge in [-0.1, -0.05) is 0 Å². The van der Waals surface area contributed by atoms with Gasteiger partial charge in [0.25, 0.3) is 5.69 Å². The predicted octanol–water partition coefficient (Wildman–Crippen LogP) is 5.05. The van der Waals surface area contributed by atoms with Crippen LogP contribution in [0.4, 0.5) is 16.2 Å². The van der Waals surface area contributed by atoms with Gasteiger partial charge in [-0.3, -0.25) is 20.2 Å². The van der Waals surface area contributed by atoms with Crippen molar-refractivity contribution in [2.45, 2.75) is 54.1 Å². The fourth-order valence-corrected chi connectivity index (χ4v) is 3.22. The molecule has 0 aliphatic rings. The molecule has 0 saturated carbocycles. The maximum Gasteiger partial charge on any atom is 0.412 e. The van der Waals surface area contributed by atoms with Gasteiger partial charge in [0.05, 0.1) is 16.2 Å². The number of hydrogen-bond acceptors (Lipinski definition) is 8. The van der Waals surface area contributed by atoms with Gasteiger partial charge in [0.15, 0.2) is 12.4 Å². The quantitative estimate of drug-likeness (QED) is 0.194. The number of ketones is 1. The summed E-state index contributed by atoms with van der Waals surface area (Å²) in [7, 11) is 0. The molecule has 0 fully saturated rings. The van der Waals surface area contributed by atoms with Gasteiger partial charge < -0.3 is 14.2 Å². The number of non-ortho nitro benzene ring substituents is 1. The number of nitrogens with zero attached hydrogens (tertiary/aromatic N) is 1. The fourth-order valence-electron chi connectivity index (χ4n) is 3.22. The fraction of sp³-hybridized carbons (Fsp3) is 0.375. The molecule has 182 valence electrons. The number of rotatable bonds is 7. The molecule has 0 atom stereocenters. The van der Waals surface area contributed by atoms with E-state index in [-0.39, 0.29) is 28.5 Å². The molecular weight excluding hydrogens is 444 g/mol. The average molecular weight is 472 g/mol. The van der Waals surface area contributed by atoms with Crippen LogP contribution in [-0.2, 0) is 9.53 Å². The average Bonchev–Trinajstić information content (AvgIpc) is 2.72. The topological polar surface area (TPSA) is 134 Å². The number of anilines is 1. The van der Waals surface area contributed by atoms with Crippen LogP contribution in [0.1, 0.15) is 54.7 Å². The van der Waals surface area contributed by atoms with E-state index in [4.69, 9.17) is 14.2 Å². The van der Waals surface area contributed by atoms with Crippen molar-refractivity contribution in [3.8, 4) is 11.5 Å². The van der Waals surface area contributed by atoms with E-state index in [0.717, 1.165) is 0 Å². The van der Waals surface area contributed by atoms with Crippen LogP contribution in [0.15, 0.2) is 24.3 Å². The summed E-state index contributed by atoms with van der Waals surface area (Å²) in [6, 6.07) is 5.23. The number of Topliss-reactive ketones (excluding diaryl/α,β-unsaturated/α-hetero) is 1. The molecule has 0 saturated heterocycles. The Morgan fingerprint density at radius 1 is 1.00 bits per heavy atom. The Morgan fingerprint density at radius 2 is 1.59 bits per heavy atom. The highest BCUT2D eigenvalue weighted by Crippen LogP contribution is 2.37. The SMILES string of the molecule is CC(=O)c1c(C)c(NC(=O)OC(C)(C)C)c(C)c(C)c1OC(=O)COc1ccc([N+](=O)[O-])cc1. The number of nitro benzene ring substituents is 1. The number of nitro groups is 1. The third-order valence-electron chi connectivity index (χ3n) is 4.85. The molecule has 0 heterocycles. The molecule has 10 nitrogen and oxygen atoms in total. The van der Waals surface area contributed by atoms with Crippen LogP contribution < -0.4 is 14.8 Å². The first-order valence-corrected chi connectivity index (χ1v) is 10.4. The number of hydrogen-bond donors (Lipinski definition) is 1. The Bertz CT molecular complexity index is 1130. The maximum atomic E-state index is 12.5. The minimum absolute atomic E-state index is 0.0783. The molecule has 34 heavy (non-hydrogen) atoms. The van der Waals surface area contributed by atoms with Gasteiger partial charge in [0.2, 0.25) is 0 Å². The molecule has 0 bridgehead atoms. The van der Waals surface area contributed by atoms with Gasteiger partial charge in [-0.15, -0.1) is 0 Å². The molecular formula is C24H28N2O8. The van der Waals surface area contributed by atoms with Crippen LogP contribution in [-0.4, -0.2) is 35.0 Å². The minimum atomic E-state index is -0.768. The van der Waals surface area contributed by atoms with Crippen LogP contribution in [0, 0.1) is 30.9 Å². The number of amides is 1. The second kappa shape index (κ2) is 10.3. The maximum absolute atomic E-state index is 12.5. The second-order valence-electron chi connectivity index (χ2n) is 8.65. The molecule has 1 N–H and O–H groups in total. The number of ether oxygens (including phenoxy) is 3. The highest BCUT2D eigenvalue weighted by molar-refractivity contribution is 6.03. The molecule has 0 aromatic heterocycles. The zero-order valence-corrected chi connectivity index (χ0v) is 20.2. The van der Waals surface area contributed by atoms with Gasteiger partial charge in [0, 0.05) is 12.1 Å². The van der Waals surface area contributed by atoms with E-state index in [0.29, 0.717) is 22.4 Å². The Kier molecular flexibility index (Phi) is 7.99. The first-order valence-electron chi connectivity index (χ1n) is 10.4. The van der Waals surface area contributed by atoms with E-state index in [1.165, 1.54) is 31.2 Å². The molecule has 10 heteroatoms. The van der Waals surface area contributed by atoms with Crippen molar-refractivity contribution in [3.05, 3.63) is 56.6 Å². The highest BCUT2D eigenvalue weighted by Gasteiger charge is 2.25.